The third-order valence-corrected chi connectivity index (χ3v) is 5.04. The highest BCUT2D eigenvalue weighted by Gasteiger charge is 2.24. The van der Waals surface area contributed by atoms with E-state index in [0.717, 1.165) is 51.3 Å². The highest BCUT2D eigenvalue weighted by Crippen LogP contribution is 2.24. The lowest BCUT2D eigenvalue weighted by molar-refractivity contribution is 0.162. The number of hydrogen-bond donors (Lipinski definition) is 1. The molecule has 0 amide bonds. The maximum Gasteiger partial charge on any atom is 0.209 e. The second-order valence-corrected chi connectivity index (χ2v) is 8.08. The van der Waals surface area contributed by atoms with Crippen LogP contribution >= 0.6 is 0 Å². The summed E-state index contributed by atoms with van der Waals surface area (Å²) in [5.74, 6) is 0.643. The lowest BCUT2D eigenvalue weighted by Gasteiger charge is -2.31. The van der Waals surface area contributed by atoms with Crippen LogP contribution in [0.15, 0.2) is 12.4 Å². The summed E-state index contributed by atoms with van der Waals surface area (Å²) < 4.78 is 30.5. The summed E-state index contributed by atoms with van der Waals surface area (Å²) in [6, 6.07) is 0. The van der Waals surface area contributed by atoms with Gasteiger partial charge in [0.05, 0.1) is 12.9 Å². The van der Waals surface area contributed by atoms with E-state index in [1.165, 1.54) is 17.4 Å². The van der Waals surface area contributed by atoms with Gasteiger partial charge in [0.1, 0.15) is 0 Å². The lowest BCUT2D eigenvalue weighted by atomic mass is 9.96. The Hall–Kier alpha value is -1.02. The van der Waals surface area contributed by atoms with Crippen molar-refractivity contribution in [2.45, 2.75) is 25.9 Å². The van der Waals surface area contributed by atoms with Crippen LogP contribution in [0.4, 0.5) is 0 Å². The summed E-state index contributed by atoms with van der Waals surface area (Å²) in [5, 5.41) is 0. The summed E-state index contributed by atoms with van der Waals surface area (Å²) >= 11 is 0. The normalized spacial score (nSPS) is 22.7. The van der Waals surface area contributed by atoms with Crippen molar-refractivity contribution in [1.82, 2.24) is 14.6 Å². The van der Waals surface area contributed by atoms with Crippen LogP contribution in [0.3, 0.4) is 0 Å². The van der Waals surface area contributed by atoms with E-state index in [2.05, 4.69) is 14.6 Å². The standard InChI is InChI=1S/C15H23N3O3S/c1-22(19,20)17-8-13-6-16-7-14-10-18(4-2-15(13)14)9-12-3-5-21-11-12/h6-7,12,17H,2-5,8-11H2,1H3. The van der Waals surface area contributed by atoms with Crippen molar-refractivity contribution in [1.29, 1.82) is 0 Å². The van der Waals surface area contributed by atoms with Crippen molar-refractivity contribution in [3.63, 3.8) is 0 Å². The molecule has 0 aliphatic carbocycles. The van der Waals surface area contributed by atoms with Crippen molar-refractivity contribution in [3.8, 4) is 0 Å². The van der Waals surface area contributed by atoms with Crippen LogP contribution < -0.4 is 4.72 Å². The number of nitrogens with zero attached hydrogens (tertiary/aromatic N) is 2. The minimum absolute atomic E-state index is 0.325. The predicted octanol–water partition coefficient (Wildman–Crippen LogP) is 0.525. The summed E-state index contributed by atoms with van der Waals surface area (Å²) in [6.07, 6.45) is 6.97. The summed E-state index contributed by atoms with van der Waals surface area (Å²) in [6.45, 7) is 5.07. The van der Waals surface area contributed by atoms with Crippen molar-refractivity contribution in [2.24, 2.45) is 5.92 Å². The zero-order chi connectivity index (χ0) is 15.6. The van der Waals surface area contributed by atoms with E-state index in [1.807, 2.05) is 6.20 Å². The van der Waals surface area contributed by atoms with E-state index >= 15 is 0 Å². The number of pyridine rings is 1. The van der Waals surface area contributed by atoms with Gasteiger partial charge in [-0.05, 0) is 35.4 Å². The molecule has 7 heteroatoms. The smallest absolute Gasteiger partial charge is 0.209 e. The van der Waals surface area contributed by atoms with Gasteiger partial charge in [-0.1, -0.05) is 0 Å². The summed E-state index contributed by atoms with van der Waals surface area (Å²) in [4.78, 5) is 6.73. The van der Waals surface area contributed by atoms with Gasteiger partial charge in [-0.3, -0.25) is 9.88 Å². The first kappa shape index (κ1) is 15.9. The van der Waals surface area contributed by atoms with Crippen LogP contribution in [-0.2, 0) is 34.3 Å². The van der Waals surface area contributed by atoms with E-state index in [0.29, 0.717) is 12.5 Å². The fourth-order valence-electron chi connectivity index (χ4n) is 3.24. The Balaban J connectivity index is 1.67. The minimum Gasteiger partial charge on any atom is -0.381 e. The van der Waals surface area contributed by atoms with E-state index in [-0.39, 0.29) is 0 Å². The van der Waals surface area contributed by atoms with Gasteiger partial charge in [0.2, 0.25) is 10.0 Å². The van der Waals surface area contributed by atoms with Crippen LogP contribution in [0, 0.1) is 5.92 Å². The molecule has 1 N–H and O–H groups in total. The zero-order valence-corrected chi connectivity index (χ0v) is 13.7. The van der Waals surface area contributed by atoms with Gasteiger partial charge >= 0.3 is 0 Å². The van der Waals surface area contributed by atoms with Gasteiger partial charge in [0, 0.05) is 45.2 Å². The van der Waals surface area contributed by atoms with E-state index in [4.69, 9.17) is 4.74 Å². The van der Waals surface area contributed by atoms with Crippen LogP contribution in [-0.4, -0.2) is 50.9 Å². The maximum absolute atomic E-state index is 11.3. The lowest BCUT2D eigenvalue weighted by Crippen LogP contribution is -2.35. The summed E-state index contributed by atoms with van der Waals surface area (Å²) in [7, 11) is -3.18. The Bertz CT molecular complexity index is 627. The Morgan fingerprint density at radius 2 is 2.32 bits per heavy atom. The Morgan fingerprint density at radius 3 is 3.05 bits per heavy atom. The molecule has 0 spiro atoms. The average Bonchev–Trinajstić information content (AvgIpc) is 2.97. The van der Waals surface area contributed by atoms with Crippen LogP contribution in [0.5, 0.6) is 0 Å². The molecule has 22 heavy (non-hydrogen) atoms. The van der Waals surface area contributed by atoms with Gasteiger partial charge in [-0.25, -0.2) is 13.1 Å². The quantitative estimate of drug-likeness (QED) is 0.855. The topological polar surface area (TPSA) is 71.5 Å². The molecule has 1 aromatic rings. The first-order chi connectivity index (χ1) is 10.5. The minimum atomic E-state index is -3.18. The average molecular weight is 325 g/mol. The molecule has 0 saturated carbocycles. The summed E-state index contributed by atoms with van der Waals surface area (Å²) in [5.41, 5.74) is 3.47. The molecule has 0 bridgehead atoms. The first-order valence-corrected chi connectivity index (χ1v) is 9.60. The van der Waals surface area contributed by atoms with E-state index in [1.54, 1.807) is 6.20 Å². The molecule has 0 radical (unpaired) electrons. The number of ether oxygens (including phenoxy) is 1. The monoisotopic (exact) mass is 325 g/mol. The molecular weight excluding hydrogens is 302 g/mol. The SMILES string of the molecule is CS(=O)(=O)NCc1cncc2c1CCN(CC1CCOC1)C2. The molecule has 6 nitrogen and oxygen atoms in total. The second kappa shape index (κ2) is 6.62. The number of nitrogens with one attached hydrogen (secondary N) is 1. The third-order valence-electron chi connectivity index (χ3n) is 4.37. The highest BCUT2D eigenvalue weighted by molar-refractivity contribution is 7.88. The molecule has 0 aromatic carbocycles. The van der Waals surface area contributed by atoms with Gasteiger partial charge in [0.25, 0.3) is 0 Å². The van der Waals surface area contributed by atoms with Crippen molar-refractivity contribution >= 4 is 10.0 Å². The molecule has 1 atom stereocenters. The predicted molar refractivity (Wildman–Crippen MR) is 83.8 cm³/mol. The Labute approximate surface area is 131 Å². The molecule has 1 unspecified atom stereocenters. The molecule has 2 aliphatic rings. The van der Waals surface area contributed by atoms with Crippen molar-refractivity contribution in [2.75, 3.05) is 32.6 Å². The third kappa shape index (κ3) is 4.04. The van der Waals surface area contributed by atoms with Gasteiger partial charge < -0.3 is 4.74 Å². The maximum atomic E-state index is 11.3. The highest BCUT2D eigenvalue weighted by atomic mass is 32.2. The molecule has 2 aliphatic heterocycles. The number of rotatable bonds is 5. The molecule has 1 saturated heterocycles. The van der Waals surface area contributed by atoms with Gasteiger partial charge in [-0.2, -0.15) is 0 Å². The zero-order valence-electron chi connectivity index (χ0n) is 12.9. The van der Waals surface area contributed by atoms with Gasteiger partial charge in [0.15, 0.2) is 0 Å². The molecule has 1 fully saturated rings. The molecule has 1 aromatic heterocycles. The Morgan fingerprint density at radius 1 is 1.45 bits per heavy atom. The van der Waals surface area contributed by atoms with Crippen LogP contribution in [0.1, 0.15) is 23.1 Å². The number of fused-ring (bicyclic) bond motifs is 1. The molecule has 3 heterocycles. The fourth-order valence-corrected chi connectivity index (χ4v) is 3.65. The number of sulfonamides is 1. The van der Waals surface area contributed by atoms with E-state index in [9.17, 15) is 8.42 Å². The largest absolute Gasteiger partial charge is 0.381 e. The molecular formula is C15H23N3O3S. The Kier molecular flexibility index (Phi) is 4.77. The van der Waals surface area contributed by atoms with E-state index < -0.39 is 10.0 Å². The van der Waals surface area contributed by atoms with Crippen molar-refractivity contribution < 1.29 is 13.2 Å². The van der Waals surface area contributed by atoms with Gasteiger partial charge in [-0.15, -0.1) is 0 Å². The van der Waals surface area contributed by atoms with Crippen LogP contribution in [0.25, 0.3) is 0 Å². The van der Waals surface area contributed by atoms with Crippen molar-refractivity contribution in [3.05, 3.63) is 29.1 Å². The molecule has 3 rings (SSSR count). The van der Waals surface area contributed by atoms with Crippen LogP contribution in [0.2, 0.25) is 0 Å². The second-order valence-electron chi connectivity index (χ2n) is 6.24. The number of hydrogen-bond acceptors (Lipinski definition) is 5. The number of aromatic nitrogens is 1. The molecule has 122 valence electrons. The fraction of sp³-hybridized carbons (Fsp3) is 0.667. The first-order valence-electron chi connectivity index (χ1n) is 7.70.